The van der Waals surface area contributed by atoms with Crippen molar-refractivity contribution < 1.29 is 9.59 Å². The Kier molecular flexibility index (Phi) is 3.56. The first kappa shape index (κ1) is 14.2. The topological polar surface area (TPSA) is 85.9 Å². The van der Waals surface area contributed by atoms with Gasteiger partial charge in [-0.1, -0.05) is 29.8 Å². The number of benzene rings is 2. The van der Waals surface area contributed by atoms with E-state index in [9.17, 15) is 9.59 Å². The van der Waals surface area contributed by atoms with Crippen molar-refractivity contribution in [2.75, 3.05) is 0 Å². The number of aromatic nitrogens is 2. The number of fused-ring (bicyclic) bond motifs is 1. The van der Waals surface area contributed by atoms with Crippen molar-refractivity contribution in [1.29, 1.82) is 0 Å². The molecule has 1 heterocycles. The molecule has 2 aromatic carbocycles. The molecule has 1 amide bonds. The number of nitrogens with two attached hydrogens (primary N) is 1. The monoisotopic (exact) mass is 311 g/mol. The van der Waals surface area contributed by atoms with Crippen LogP contribution in [0.1, 0.15) is 26.7 Å². The number of halogens is 1. The second-order valence-electron chi connectivity index (χ2n) is 4.61. The maximum Gasteiger partial charge on any atom is 0.286 e. The zero-order chi connectivity index (χ0) is 15.7. The van der Waals surface area contributed by atoms with Gasteiger partial charge in [-0.3, -0.25) is 9.59 Å². The van der Waals surface area contributed by atoms with Crippen LogP contribution in [0.2, 0.25) is 5.02 Å². The average Bonchev–Trinajstić information content (AvgIpc) is 2.53. The van der Waals surface area contributed by atoms with Crippen molar-refractivity contribution in [3.63, 3.8) is 0 Å². The first-order chi connectivity index (χ1) is 10.6. The Morgan fingerprint density at radius 1 is 0.955 bits per heavy atom. The number of para-hydroxylation sites is 1. The van der Waals surface area contributed by atoms with Gasteiger partial charge >= 0.3 is 0 Å². The van der Waals surface area contributed by atoms with Crippen molar-refractivity contribution in [2.45, 2.75) is 0 Å². The van der Waals surface area contributed by atoms with E-state index in [4.69, 9.17) is 17.3 Å². The van der Waals surface area contributed by atoms with Crippen LogP contribution < -0.4 is 5.73 Å². The van der Waals surface area contributed by atoms with E-state index in [1.165, 1.54) is 0 Å². The van der Waals surface area contributed by atoms with Crippen molar-refractivity contribution in [2.24, 2.45) is 5.73 Å². The van der Waals surface area contributed by atoms with E-state index >= 15 is 0 Å². The molecule has 3 rings (SSSR count). The number of carbonyl (C=O) groups is 2. The molecule has 0 atom stereocenters. The third kappa shape index (κ3) is 2.54. The summed E-state index contributed by atoms with van der Waals surface area (Å²) >= 11 is 5.83. The predicted octanol–water partition coefficient (Wildman–Crippen LogP) is 2.61. The van der Waals surface area contributed by atoms with Crippen molar-refractivity contribution in [3.8, 4) is 0 Å². The summed E-state index contributed by atoms with van der Waals surface area (Å²) in [6, 6.07) is 13.4. The number of carbonyl (C=O) groups excluding carboxylic acids is 2. The fraction of sp³-hybridized carbons (Fsp3) is 0. The average molecular weight is 312 g/mol. The Hall–Kier alpha value is -2.79. The molecule has 3 aromatic rings. The van der Waals surface area contributed by atoms with E-state index in [0.717, 1.165) is 0 Å². The van der Waals surface area contributed by atoms with Gasteiger partial charge in [0.05, 0.1) is 5.52 Å². The lowest BCUT2D eigenvalue weighted by molar-refractivity contribution is 0.0990. The Balaban J connectivity index is 2.22. The smallest absolute Gasteiger partial charge is 0.286 e. The summed E-state index contributed by atoms with van der Waals surface area (Å²) in [5.41, 5.74) is 6.29. The number of amides is 1. The Labute approximate surface area is 130 Å². The normalized spacial score (nSPS) is 10.6. The third-order valence-corrected chi connectivity index (χ3v) is 3.40. The van der Waals surface area contributed by atoms with E-state index in [-0.39, 0.29) is 17.3 Å². The van der Waals surface area contributed by atoms with Crippen LogP contribution >= 0.6 is 11.6 Å². The highest BCUT2D eigenvalue weighted by atomic mass is 35.5. The first-order valence-electron chi connectivity index (χ1n) is 6.43. The molecule has 0 radical (unpaired) electrons. The fourth-order valence-corrected chi connectivity index (χ4v) is 2.22. The number of primary amides is 1. The summed E-state index contributed by atoms with van der Waals surface area (Å²) in [6.07, 6.45) is 0. The molecule has 0 saturated carbocycles. The summed E-state index contributed by atoms with van der Waals surface area (Å²) in [7, 11) is 0. The minimum absolute atomic E-state index is 0.140. The van der Waals surface area contributed by atoms with Gasteiger partial charge in [0, 0.05) is 16.0 Å². The summed E-state index contributed by atoms with van der Waals surface area (Å²) < 4.78 is 0. The molecule has 108 valence electrons. The second-order valence-corrected chi connectivity index (χ2v) is 5.05. The Morgan fingerprint density at radius 3 is 2.32 bits per heavy atom. The van der Waals surface area contributed by atoms with Gasteiger partial charge in [-0.25, -0.2) is 9.97 Å². The van der Waals surface area contributed by atoms with Crippen molar-refractivity contribution in [3.05, 3.63) is 70.6 Å². The molecule has 0 aliphatic heterocycles. The van der Waals surface area contributed by atoms with Crippen LogP contribution in [-0.4, -0.2) is 21.7 Å². The third-order valence-electron chi connectivity index (χ3n) is 3.15. The molecule has 5 nitrogen and oxygen atoms in total. The van der Waals surface area contributed by atoms with Gasteiger partial charge in [0.2, 0.25) is 11.6 Å². The Bertz CT molecular complexity index is 892. The zero-order valence-electron chi connectivity index (χ0n) is 11.3. The molecule has 0 fully saturated rings. The minimum Gasteiger partial charge on any atom is -0.363 e. The maximum absolute atomic E-state index is 12.7. The van der Waals surface area contributed by atoms with E-state index in [0.29, 0.717) is 21.5 Å². The van der Waals surface area contributed by atoms with Crippen LogP contribution in [0.3, 0.4) is 0 Å². The molecule has 0 bridgehead atoms. The van der Waals surface area contributed by atoms with E-state index in [1.807, 2.05) is 0 Å². The number of ketones is 1. The van der Waals surface area contributed by atoms with Gasteiger partial charge in [0.1, 0.15) is 5.69 Å². The number of hydrogen-bond donors (Lipinski definition) is 1. The molecule has 0 saturated heterocycles. The van der Waals surface area contributed by atoms with Gasteiger partial charge < -0.3 is 5.73 Å². The molecule has 0 aliphatic carbocycles. The minimum atomic E-state index is -0.782. The standard InChI is InChI=1S/C16H10ClN3O2/c17-10-7-5-9(6-8-10)14(21)13-11-3-1-2-4-12(11)19-16(20-13)15(18)22/h1-8H,(H2,18,22). The fourth-order valence-electron chi connectivity index (χ4n) is 2.10. The molecule has 0 aliphatic rings. The lowest BCUT2D eigenvalue weighted by atomic mass is 10.0. The maximum atomic E-state index is 12.7. The van der Waals surface area contributed by atoms with E-state index < -0.39 is 5.91 Å². The molecule has 1 aromatic heterocycles. The SMILES string of the molecule is NC(=O)c1nc(C(=O)c2ccc(Cl)cc2)c2ccccc2n1. The van der Waals surface area contributed by atoms with Gasteiger partial charge in [-0.15, -0.1) is 0 Å². The van der Waals surface area contributed by atoms with Gasteiger partial charge in [-0.05, 0) is 30.3 Å². The summed E-state index contributed by atoms with van der Waals surface area (Å²) in [5.74, 6) is -1.29. The first-order valence-corrected chi connectivity index (χ1v) is 6.81. The quantitative estimate of drug-likeness (QED) is 0.753. The van der Waals surface area contributed by atoms with Crippen LogP contribution in [0, 0.1) is 0 Å². The second kappa shape index (κ2) is 5.54. The Morgan fingerprint density at radius 2 is 1.64 bits per heavy atom. The molecular weight excluding hydrogens is 302 g/mol. The number of nitrogens with zero attached hydrogens (tertiary/aromatic N) is 2. The van der Waals surface area contributed by atoms with Crippen LogP contribution in [0.4, 0.5) is 0 Å². The van der Waals surface area contributed by atoms with Gasteiger partial charge in [-0.2, -0.15) is 0 Å². The van der Waals surface area contributed by atoms with Crippen LogP contribution in [0.25, 0.3) is 10.9 Å². The molecule has 0 unspecified atom stereocenters. The molecule has 22 heavy (non-hydrogen) atoms. The van der Waals surface area contributed by atoms with Crippen LogP contribution in [0.15, 0.2) is 48.5 Å². The van der Waals surface area contributed by atoms with Crippen LogP contribution in [-0.2, 0) is 0 Å². The highest BCUT2D eigenvalue weighted by Gasteiger charge is 2.18. The molecule has 0 spiro atoms. The van der Waals surface area contributed by atoms with Gasteiger partial charge in [0.25, 0.3) is 5.91 Å². The van der Waals surface area contributed by atoms with E-state index in [1.54, 1.807) is 48.5 Å². The highest BCUT2D eigenvalue weighted by molar-refractivity contribution is 6.30. The molecule has 2 N–H and O–H groups in total. The summed E-state index contributed by atoms with van der Waals surface area (Å²) in [6.45, 7) is 0. The summed E-state index contributed by atoms with van der Waals surface area (Å²) in [4.78, 5) is 32.1. The lowest BCUT2D eigenvalue weighted by Crippen LogP contribution is -2.18. The van der Waals surface area contributed by atoms with Crippen molar-refractivity contribution in [1.82, 2.24) is 9.97 Å². The van der Waals surface area contributed by atoms with Crippen molar-refractivity contribution >= 4 is 34.2 Å². The van der Waals surface area contributed by atoms with E-state index in [2.05, 4.69) is 9.97 Å². The molecule has 6 heteroatoms. The highest BCUT2D eigenvalue weighted by Crippen LogP contribution is 2.20. The lowest BCUT2D eigenvalue weighted by Gasteiger charge is -2.06. The predicted molar refractivity (Wildman–Crippen MR) is 82.9 cm³/mol. The largest absolute Gasteiger partial charge is 0.363 e. The number of rotatable bonds is 3. The summed E-state index contributed by atoms with van der Waals surface area (Å²) in [5, 5.41) is 1.09. The molecular formula is C16H10ClN3O2. The van der Waals surface area contributed by atoms with Crippen LogP contribution in [0.5, 0.6) is 0 Å². The number of hydrogen-bond acceptors (Lipinski definition) is 4. The van der Waals surface area contributed by atoms with Gasteiger partial charge in [0.15, 0.2) is 0 Å². The zero-order valence-corrected chi connectivity index (χ0v) is 12.0.